The second-order valence-electron chi connectivity index (χ2n) is 8.66. The first-order chi connectivity index (χ1) is 16.8. The molecule has 2 aromatic rings. The quantitative estimate of drug-likeness (QED) is 0.422. The van der Waals surface area contributed by atoms with Crippen molar-refractivity contribution in [3.63, 3.8) is 0 Å². The van der Waals surface area contributed by atoms with Gasteiger partial charge in [-0.1, -0.05) is 18.2 Å². The van der Waals surface area contributed by atoms with E-state index in [1.807, 2.05) is 0 Å². The highest BCUT2D eigenvalue weighted by atomic mass is 19.3. The second kappa shape index (κ2) is 10.0. The van der Waals surface area contributed by atoms with Crippen molar-refractivity contribution >= 4 is 18.4 Å². The second-order valence-corrected chi connectivity index (χ2v) is 8.66. The van der Waals surface area contributed by atoms with Gasteiger partial charge in [-0.3, -0.25) is 4.99 Å². The van der Waals surface area contributed by atoms with Crippen LogP contribution >= 0.6 is 0 Å². The fourth-order valence-electron chi connectivity index (χ4n) is 4.16. The normalized spacial score (nSPS) is 19.8. The molecule has 1 aromatic heterocycles. The Morgan fingerprint density at radius 2 is 2.11 bits per heavy atom. The molecule has 0 amide bonds. The van der Waals surface area contributed by atoms with Gasteiger partial charge in [-0.25, -0.2) is 18.2 Å². The van der Waals surface area contributed by atoms with Crippen LogP contribution in [0.5, 0.6) is 5.88 Å². The van der Waals surface area contributed by atoms with Gasteiger partial charge in [0.25, 0.3) is 6.43 Å². The Bertz CT molecular complexity index is 1180. The van der Waals surface area contributed by atoms with Crippen LogP contribution in [-0.4, -0.2) is 43.9 Å². The van der Waals surface area contributed by atoms with Crippen molar-refractivity contribution in [1.82, 2.24) is 10.3 Å². The minimum absolute atomic E-state index is 0.0714. The van der Waals surface area contributed by atoms with E-state index in [-0.39, 0.29) is 17.5 Å². The number of rotatable bonds is 8. The molecule has 7 nitrogen and oxygen atoms in total. The zero-order valence-electron chi connectivity index (χ0n) is 19.5. The van der Waals surface area contributed by atoms with Crippen molar-refractivity contribution in [2.45, 2.75) is 50.2 Å². The van der Waals surface area contributed by atoms with Gasteiger partial charge < -0.3 is 14.8 Å². The molecule has 0 radical (unpaired) electrons. The summed E-state index contributed by atoms with van der Waals surface area (Å²) in [5.74, 6) is -0.133. The largest absolute Gasteiger partial charge is 0.472 e. The number of aromatic nitrogens is 1. The van der Waals surface area contributed by atoms with Crippen molar-refractivity contribution in [3.05, 3.63) is 52.3 Å². The summed E-state index contributed by atoms with van der Waals surface area (Å²) in [5.41, 5.74) is -0.242. The third-order valence-corrected chi connectivity index (χ3v) is 6.36. The molecule has 35 heavy (non-hydrogen) atoms. The molecule has 2 atom stereocenters. The van der Waals surface area contributed by atoms with Crippen molar-refractivity contribution in [2.75, 3.05) is 20.3 Å². The first-order valence-corrected chi connectivity index (χ1v) is 11.3. The number of alkyl halides is 2. The van der Waals surface area contributed by atoms with E-state index < -0.39 is 29.3 Å². The van der Waals surface area contributed by atoms with Gasteiger partial charge in [-0.05, 0) is 32.5 Å². The summed E-state index contributed by atoms with van der Waals surface area (Å²) in [7, 11) is 1.53. The van der Waals surface area contributed by atoms with Crippen molar-refractivity contribution in [1.29, 1.82) is 5.26 Å². The van der Waals surface area contributed by atoms with Gasteiger partial charge in [0, 0.05) is 24.6 Å². The first-order valence-electron chi connectivity index (χ1n) is 11.3. The van der Waals surface area contributed by atoms with Gasteiger partial charge in [0.1, 0.15) is 17.8 Å². The number of nitrogens with zero attached hydrogens (tertiary/aromatic N) is 4. The van der Waals surface area contributed by atoms with Crippen LogP contribution in [-0.2, 0) is 10.2 Å². The van der Waals surface area contributed by atoms with Crippen molar-refractivity contribution in [2.24, 2.45) is 9.98 Å². The van der Waals surface area contributed by atoms with E-state index in [1.165, 1.54) is 19.2 Å². The molecule has 2 heterocycles. The van der Waals surface area contributed by atoms with Crippen LogP contribution in [0.1, 0.15) is 60.9 Å². The molecule has 1 saturated heterocycles. The lowest BCUT2D eigenvalue weighted by molar-refractivity contribution is 0.137. The van der Waals surface area contributed by atoms with Crippen molar-refractivity contribution in [3.8, 4) is 11.9 Å². The third-order valence-electron chi connectivity index (χ3n) is 6.36. The van der Waals surface area contributed by atoms with Crippen LogP contribution in [0.4, 0.5) is 19.0 Å². The van der Waals surface area contributed by atoms with Gasteiger partial charge in [0.2, 0.25) is 5.88 Å². The number of ether oxygens (including phenoxy) is 2. The average molecular weight is 486 g/mol. The topological polar surface area (TPSA) is 91.9 Å². The summed E-state index contributed by atoms with van der Waals surface area (Å²) in [4.78, 5) is 12.9. The Labute approximate surface area is 201 Å². The molecule has 10 heteroatoms. The summed E-state index contributed by atoms with van der Waals surface area (Å²) in [6, 6.07) is 7.31. The molecule has 1 saturated carbocycles. The lowest BCUT2D eigenvalue weighted by Crippen LogP contribution is -2.29. The molecule has 1 aromatic carbocycles. The molecule has 0 bridgehead atoms. The van der Waals surface area contributed by atoms with E-state index in [0.29, 0.717) is 55.3 Å². The zero-order valence-corrected chi connectivity index (χ0v) is 19.5. The van der Waals surface area contributed by atoms with Crippen molar-refractivity contribution < 1.29 is 22.6 Å². The number of amidine groups is 1. The highest BCUT2D eigenvalue weighted by molar-refractivity contribution is 6.03. The Morgan fingerprint density at radius 1 is 1.37 bits per heavy atom. The molecular formula is C25H26F3N5O2. The van der Waals surface area contributed by atoms with Crippen LogP contribution in [0.3, 0.4) is 0 Å². The van der Waals surface area contributed by atoms with Crippen LogP contribution < -0.4 is 10.1 Å². The number of nitrogens with one attached hydrogen (secondary N) is 1. The summed E-state index contributed by atoms with van der Waals surface area (Å²) >= 11 is 0. The third kappa shape index (κ3) is 4.86. The lowest BCUT2D eigenvalue weighted by Gasteiger charge is -2.22. The molecule has 1 aliphatic carbocycles. The van der Waals surface area contributed by atoms with E-state index >= 15 is 0 Å². The van der Waals surface area contributed by atoms with Crippen LogP contribution in [0.2, 0.25) is 0 Å². The number of halogens is 3. The lowest BCUT2D eigenvalue weighted by atomic mass is 9.96. The van der Waals surface area contributed by atoms with E-state index in [9.17, 15) is 18.4 Å². The van der Waals surface area contributed by atoms with E-state index in [1.54, 1.807) is 13.0 Å². The van der Waals surface area contributed by atoms with Gasteiger partial charge in [-0.2, -0.15) is 10.2 Å². The minimum atomic E-state index is -2.93. The SMILES string of the molecule is C=Nc1nc(O[C@H]2CCOC2)c(C2(C#N)CC2)cc1/C(=N\C)N[C@H](C)c1cccc(C(F)F)c1F. The number of nitriles is 1. The highest BCUT2D eigenvalue weighted by Crippen LogP contribution is 2.51. The maximum Gasteiger partial charge on any atom is 0.266 e. The predicted molar refractivity (Wildman–Crippen MR) is 125 cm³/mol. The minimum Gasteiger partial charge on any atom is -0.472 e. The molecule has 2 fully saturated rings. The smallest absolute Gasteiger partial charge is 0.266 e. The van der Waals surface area contributed by atoms with Crippen LogP contribution in [0, 0.1) is 17.1 Å². The Kier molecular flexibility index (Phi) is 7.08. The van der Waals surface area contributed by atoms with Gasteiger partial charge in [0.05, 0.1) is 41.9 Å². The molecule has 4 rings (SSSR count). The van der Waals surface area contributed by atoms with Gasteiger partial charge in [0.15, 0.2) is 5.82 Å². The fourth-order valence-corrected chi connectivity index (χ4v) is 4.16. The summed E-state index contributed by atoms with van der Waals surface area (Å²) < 4.78 is 52.6. The number of pyridine rings is 1. The highest BCUT2D eigenvalue weighted by Gasteiger charge is 2.48. The maximum absolute atomic E-state index is 14.7. The molecule has 1 aliphatic heterocycles. The van der Waals surface area contributed by atoms with Gasteiger partial charge in [-0.15, -0.1) is 0 Å². The molecule has 0 unspecified atom stereocenters. The Balaban J connectivity index is 1.71. The van der Waals surface area contributed by atoms with E-state index in [0.717, 1.165) is 6.07 Å². The number of benzene rings is 1. The number of hydrogen-bond donors (Lipinski definition) is 1. The molecule has 0 spiro atoms. The maximum atomic E-state index is 14.7. The Morgan fingerprint density at radius 3 is 2.69 bits per heavy atom. The summed E-state index contributed by atoms with van der Waals surface area (Å²) in [6.45, 7) is 6.27. The molecular weight excluding hydrogens is 459 g/mol. The number of hydrogen-bond acceptors (Lipinski definition) is 6. The fraction of sp³-hybridized carbons (Fsp3) is 0.440. The number of aliphatic imine (C=N–C) groups is 2. The van der Waals surface area contributed by atoms with Crippen LogP contribution in [0.15, 0.2) is 34.3 Å². The first kappa shape index (κ1) is 24.7. The predicted octanol–water partition coefficient (Wildman–Crippen LogP) is 4.94. The van der Waals surface area contributed by atoms with E-state index in [4.69, 9.17) is 9.47 Å². The molecule has 1 N–H and O–H groups in total. The molecule has 2 aliphatic rings. The summed E-state index contributed by atoms with van der Waals surface area (Å²) in [5, 5.41) is 12.9. The van der Waals surface area contributed by atoms with E-state index in [2.05, 4.69) is 33.1 Å². The zero-order chi connectivity index (χ0) is 25.2. The van der Waals surface area contributed by atoms with Crippen LogP contribution in [0.25, 0.3) is 0 Å². The van der Waals surface area contributed by atoms with Gasteiger partial charge >= 0.3 is 0 Å². The average Bonchev–Trinajstić information content (AvgIpc) is 3.49. The molecule has 184 valence electrons. The summed E-state index contributed by atoms with van der Waals surface area (Å²) in [6.07, 6.45) is -1.07. The Hall–Kier alpha value is -3.45. The monoisotopic (exact) mass is 485 g/mol. The standard InChI is InChI=1S/C25H26F3N5O2/c1-14(16-5-4-6-17(20(16)26)21(27)28)32-22(30-2)18-11-19(25(13-29)8-9-25)24(33-23(18)31-3)35-15-7-10-34-12-15/h4-6,11,14-15,21H,3,7-10,12H2,1-2H3,(H,30,32)/t14-,15+/m1/s1.